The number of nitrogens with zero attached hydrogens (tertiary/aromatic N) is 2. The second kappa shape index (κ2) is 5.20. The lowest BCUT2D eigenvalue weighted by molar-refractivity contribution is -0.138. The predicted molar refractivity (Wildman–Crippen MR) is 78.3 cm³/mol. The van der Waals surface area contributed by atoms with Crippen LogP contribution in [0.5, 0.6) is 0 Å². The number of rotatable bonds is 4. The highest BCUT2D eigenvalue weighted by molar-refractivity contribution is 9.10. The smallest absolute Gasteiger partial charge is 0.308 e. The standard InChI is InChI=1S/C14H12BrN3O2/c15-10-4-2-1-3-8(10)11-5-6-13(18-17-11)16-12-7-9(12)14(19)20/h1-6,9,12H,7H2,(H,16,18)(H,19,20). The maximum absolute atomic E-state index is 10.8. The summed E-state index contributed by atoms with van der Waals surface area (Å²) >= 11 is 3.48. The van der Waals surface area contributed by atoms with Crippen molar-refractivity contribution in [2.45, 2.75) is 12.5 Å². The molecule has 6 heteroatoms. The summed E-state index contributed by atoms with van der Waals surface area (Å²) < 4.78 is 0.961. The average molecular weight is 334 g/mol. The largest absolute Gasteiger partial charge is 0.481 e. The molecule has 1 aliphatic rings. The number of halogens is 1. The SMILES string of the molecule is O=C(O)C1CC1Nc1ccc(-c2ccccc2Br)nn1. The van der Waals surface area contributed by atoms with Crippen molar-refractivity contribution < 1.29 is 9.90 Å². The molecule has 20 heavy (non-hydrogen) atoms. The fraction of sp³-hybridized carbons (Fsp3) is 0.214. The molecule has 1 aromatic carbocycles. The Labute approximate surface area is 124 Å². The van der Waals surface area contributed by atoms with E-state index in [1.54, 1.807) is 0 Å². The van der Waals surface area contributed by atoms with Crippen LogP contribution in [-0.2, 0) is 4.79 Å². The number of carboxylic acid groups (broad SMARTS) is 1. The van der Waals surface area contributed by atoms with Crippen molar-refractivity contribution >= 4 is 27.7 Å². The second-order valence-electron chi connectivity index (χ2n) is 4.71. The van der Waals surface area contributed by atoms with Crippen molar-refractivity contribution in [3.8, 4) is 11.3 Å². The van der Waals surface area contributed by atoms with Crippen LogP contribution in [0, 0.1) is 5.92 Å². The molecule has 5 nitrogen and oxygen atoms in total. The van der Waals surface area contributed by atoms with Crippen molar-refractivity contribution in [1.82, 2.24) is 10.2 Å². The first-order chi connectivity index (χ1) is 9.65. The molecule has 3 rings (SSSR count). The Morgan fingerprint density at radius 3 is 2.65 bits per heavy atom. The molecule has 1 saturated carbocycles. The highest BCUT2D eigenvalue weighted by Gasteiger charge is 2.43. The molecule has 2 unspecified atom stereocenters. The molecule has 2 N–H and O–H groups in total. The van der Waals surface area contributed by atoms with Gasteiger partial charge in [-0.25, -0.2) is 0 Å². The third kappa shape index (κ3) is 2.65. The number of nitrogens with one attached hydrogen (secondary N) is 1. The first kappa shape index (κ1) is 13.1. The fourth-order valence-corrected chi connectivity index (χ4v) is 2.53. The molecule has 102 valence electrons. The quantitative estimate of drug-likeness (QED) is 0.899. The van der Waals surface area contributed by atoms with E-state index in [2.05, 4.69) is 31.4 Å². The van der Waals surface area contributed by atoms with E-state index in [4.69, 9.17) is 5.11 Å². The van der Waals surface area contributed by atoms with E-state index in [0.29, 0.717) is 12.2 Å². The molecule has 0 bridgehead atoms. The molecule has 0 spiro atoms. The number of hydrogen-bond donors (Lipinski definition) is 2. The van der Waals surface area contributed by atoms with Crippen LogP contribution in [0.15, 0.2) is 40.9 Å². The first-order valence-corrected chi connectivity index (χ1v) is 7.02. The minimum atomic E-state index is -0.764. The molecule has 1 fully saturated rings. The Balaban J connectivity index is 1.72. The van der Waals surface area contributed by atoms with Crippen molar-refractivity contribution in [3.05, 3.63) is 40.9 Å². The van der Waals surface area contributed by atoms with E-state index < -0.39 is 5.97 Å². The number of carboxylic acids is 1. The molecule has 0 radical (unpaired) electrons. The lowest BCUT2D eigenvalue weighted by atomic mass is 10.1. The minimum absolute atomic E-state index is 0.0314. The lowest BCUT2D eigenvalue weighted by Crippen LogP contribution is -2.11. The number of anilines is 1. The number of hydrogen-bond acceptors (Lipinski definition) is 4. The summed E-state index contributed by atoms with van der Waals surface area (Å²) in [4.78, 5) is 10.8. The molecule has 2 aromatic rings. The third-order valence-electron chi connectivity index (χ3n) is 3.26. The summed E-state index contributed by atoms with van der Waals surface area (Å²) in [6.07, 6.45) is 0.642. The van der Waals surface area contributed by atoms with Gasteiger partial charge in [0.1, 0.15) is 5.82 Å². The molecule has 1 aromatic heterocycles. The van der Waals surface area contributed by atoms with Gasteiger partial charge in [0, 0.05) is 16.1 Å². The van der Waals surface area contributed by atoms with Crippen LogP contribution in [0.1, 0.15) is 6.42 Å². The molecule has 0 amide bonds. The highest BCUT2D eigenvalue weighted by Crippen LogP contribution is 2.33. The van der Waals surface area contributed by atoms with Gasteiger partial charge in [0.25, 0.3) is 0 Å². The average Bonchev–Trinajstić information content (AvgIpc) is 3.20. The minimum Gasteiger partial charge on any atom is -0.481 e. The van der Waals surface area contributed by atoms with Gasteiger partial charge in [-0.3, -0.25) is 4.79 Å². The van der Waals surface area contributed by atoms with Gasteiger partial charge < -0.3 is 10.4 Å². The summed E-state index contributed by atoms with van der Waals surface area (Å²) in [6.45, 7) is 0. The highest BCUT2D eigenvalue weighted by atomic mass is 79.9. The molecule has 1 heterocycles. The second-order valence-corrected chi connectivity index (χ2v) is 5.57. The Morgan fingerprint density at radius 1 is 1.25 bits per heavy atom. The lowest BCUT2D eigenvalue weighted by Gasteiger charge is -2.05. The van der Waals surface area contributed by atoms with Gasteiger partial charge in [-0.05, 0) is 24.6 Å². The van der Waals surface area contributed by atoms with Crippen molar-refractivity contribution in [2.75, 3.05) is 5.32 Å². The summed E-state index contributed by atoms with van der Waals surface area (Å²) in [5, 5.41) is 20.2. The van der Waals surface area contributed by atoms with Crippen LogP contribution in [-0.4, -0.2) is 27.3 Å². The van der Waals surface area contributed by atoms with Gasteiger partial charge >= 0.3 is 5.97 Å². The van der Waals surface area contributed by atoms with Crippen LogP contribution in [0.3, 0.4) is 0 Å². The Morgan fingerprint density at radius 2 is 2.05 bits per heavy atom. The van der Waals surface area contributed by atoms with Gasteiger partial charge in [-0.15, -0.1) is 10.2 Å². The van der Waals surface area contributed by atoms with Crippen molar-refractivity contribution in [2.24, 2.45) is 5.92 Å². The summed E-state index contributed by atoms with van der Waals surface area (Å²) in [6, 6.07) is 11.4. The van der Waals surface area contributed by atoms with E-state index in [-0.39, 0.29) is 12.0 Å². The molecule has 1 aliphatic carbocycles. The van der Waals surface area contributed by atoms with Gasteiger partial charge in [0.05, 0.1) is 11.6 Å². The van der Waals surface area contributed by atoms with Crippen LogP contribution in [0.25, 0.3) is 11.3 Å². The number of benzene rings is 1. The van der Waals surface area contributed by atoms with Crippen molar-refractivity contribution in [1.29, 1.82) is 0 Å². The molecule has 0 saturated heterocycles. The zero-order valence-electron chi connectivity index (χ0n) is 10.5. The zero-order valence-corrected chi connectivity index (χ0v) is 12.0. The van der Waals surface area contributed by atoms with E-state index in [1.165, 1.54) is 0 Å². The Hall–Kier alpha value is -1.95. The summed E-state index contributed by atoms with van der Waals surface area (Å²) in [7, 11) is 0. The molecular formula is C14H12BrN3O2. The fourth-order valence-electron chi connectivity index (χ4n) is 2.04. The van der Waals surface area contributed by atoms with Gasteiger partial charge in [0.15, 0.2) is 0 Å². The summed E-state index contributed by atoms with van der Waals surface area (Å²) in [5.41, 5.74) is 1.75. The van der Waals surface area contributed by atoms with Crippen LogP contribution in [0.4, 0.5) is 5.82 Å². The predicted octanol–water partition coefficient (Wildman–Crippen LogP) is 2.79. The molecular weight excluding hydrogens is 322 g/mol. The zero-order chi connectivity index (χ0) is 14.1. The van der Waals surface area contributed by atoms with Crippen LogP contribution >= 0.6 is 15.9 Å². The van der Waals surface area contributed by atoms with Gasteiger partial charge in [-0.2, -0.15) is 0 Å². The Bertz CT molecular complexity index is 645. The van der Waals surface area contributed by atoms with E-state index in [9.17, 15) is 4.79 Å². The van der Waals surface area contributed by atoms with E-state index in [0.717, 1.165) is 15.7 Å². The Kier molecular flexibility index (Phi) is 3.40. The van der Waals surface area contributed by atoms with Crippen LogP contribution < -0.4 is 5.32 Å². The maximum atomic E-state index is 10.8. The van der Waals surface area contributed by atoms with Crippen LogP contribution in [0.2, 0.25) is 0 Å². The van der Waals surface area contributed by atoms with Gasteiger partial charge in [0.2, 0.25) is 0 Å². The monoisotopic (exact) mass is 333 g/mol. The molecule has 2 atom stereocenters. The third-order valence-corrected chi connectivity index (χ3v) is 3.95. The number of aromatic nitrogens is 2. The molecule has 0 aliphatic heterocycles. The first-order valence-electron chi connectivity index (χ1n) is 6.23. The number of aliphatic carboxylic acids is 1. The van der Waals surface area contributed by atoms with Crippen molar-refractivity contribution in [3.63, 3.8) is 0 Å². The summed E-state index contributed by atoms with van der Waals surface area (Å²) in [5.74, 6) is -0.463. The van der Waals surface area contributed by atoms with E-state index >= 15 is 0 Å². The normalized spacial score (nSPS) is 20.4. The topological polar surface area (TPSA) is 75.1 Å². The number of carbonyl (C=O) groups is 1. The van der Waals surface area contributed by atoms with E-state index in [1.807, 2.05) is 36.4 Å². The maximum Gasteiger partial charge on any atom is 0.308 e. The van der Waals surface area contributed by atoms with Gasteiger partial charge in [-0.1, -0.05) is 34.1 Å².